The van der Waals surface area contributed by atoms with Gasteiger partial charge in [-0.2, -0.15) is 23.5 Å². The highest BCUT2D eigenvalue weighted by Gasteiger charge is 2.18. The molecule has 6 heteroatoms. The Balaban J connectivity index is 2.16. The molecule has 17 heavy (non-hydrogen) atoms. The molecule has 1 aliphatic rings. The quantitative estimate of drug-likeness (QED) is 0.772. The Bertz CT molecular complexity index is 267. The molecule has 1 rings (SSSR count). The lowest BCUT2D eigenvalue weighted by Crippen LogP contribution is -2.35. The van der Waals surface area contributed by atoms with Crippen LogP contribution in [0.25, 0.3) is 0 Å². The summed E-state index contributed by atoms with van der Waals surface area (Å²) < 4.78 is 0. The molecule has 1 heterocycles. The van der Waals surface area contributed by atoms with Gasteiger partial charge in [0.25, 0.3) is 0 Å². The first-order valence-corrected chi connectivity index (χ1v) is 7.98. The van der Waals surface area contributed by atoms with Crippen molar-refractivity contribution in [2.75, 3.05) is 17.3 Å². The fourth-order valence-electron chi connectivity index (χ4n) is 1.61. The van der Waals surface area contributed by atoms with E-state index >= 15 is 0 Å². The molecule has 2 atom stereocenters. The Morgan fingerprint density at radius 1 is 1.47 bits per heavy atom. The molecule has 1 aliphatic heterocycles. The minimum absolute atomic E-state index is 0.0443. The molecule has 0 spiro atoms. The first-order valence-electron chi connectivity index (χ1n) is 5.78. The van der Waals surface area contributed by atoms with Crippen LogP contribution in [0, 0.1) is 0 Å². The Morgan fingerprint density at radius 2 is 2.24 bits per heavy atom. The number of carboxylic acids is 1. The maximum atomic E-state index is 11.7. The van der Waals surface area contributed by atoms with Gasteiger partial charge in [0.05, 0.1) is 0 Å². The van der Waals surface area contributed by atoms with Gasteiger partial charge in [-0.3, -0.25) is 9.59 Å². The number of carbonyl (C=O) groups excluding carboxylic acids is 1. The minimum Gasteiger partial charge on any atom is -0.481 e. The molecular weight excluding hydrogens is 258 g/mol. The zero-order valence-electron chi connectivity index (χ0n) is 9.98. The van der Waals surface area contributed by atoms with Gasteiger partial charge in [-0.15, -0.1) is 0 Å². The van der Waals surface area contributed by atoms with Crippen molar-refractivity contribution >= 4 is 35.4 Å². The lowest BCUT2D eigenvalue weighted by Gasteiger charge is -2.21. The largest absolute Gasteiger partial charge is 0.481 e. The summed E-state index contributed by atoms with van der Waals surface area (Å²) in [5.41, 5.74) is 0. The summed E-state index contributed by atoms with van der Waals surface area (Å²) in [4.78, 5) is 22.1. The zero-order chi connectivity index (χ0) is 12.7. The second kappa shape index (κ2) is 7.87. The molecule has 0 aromatic carbocycles. The van der Waals surface area contributed by atoms with Crippen LogP contribution in [0.1, 0.15) is 26.2 Å². The normalized spacial score (nSPS) is 21.8. The van der Waals surface area contributed by atoms with Crippen molar-refractivity contribution in [2.24, 2.45) is 0 Å². The van der Waals surface area contributed by atoms with E-state index in [0.717, 1.165) is 11.5 Å². The number of hydrogen-bond donors (Lipinski definition) is 2. The van der Waals surface area contributed by atoms with Crippen LogP contribution in [0.5, 0.6) is 0 Å². The lowest BCUT2D eigenvalue weighted by atomic mass is 10.2. The zero-order valence-corrected chi connectivity index (χ0v) is 11.6. The average molecular weight is 277 g/mol. The van der Waals surface area contributed by atoms with E-state index in [2.05, 4.69) is 5.32 Å². The van der Waals surface area contributed by atoms with Crippen LogP contribution in [0.4, 0.5) is 0 Å². The van der Waals surface area contributed by atoms with Crippen LogP contribution in [0.3, 0.4) is 0 Å². The molecule has 2 N–H and O–H groups in total. The van der Waals surface area contributed by atoms with Gasteiger partial charge < -0.3 is 10.4 Å². The second-order valence-corrected chi connectivity index (χ2v) is 6.73. The Morgan fingerprint density at radius 3 is 2.82 bits per heavy atom. The first kappa shape index (κ1) is 14.7. The smallest absolute Gasteiger partial charge is 0.303 e. The van der Waals surface area contributed by atoms with E-state index < -0.39 is 5.97 Å². The van der Waals surface area contributed by atoms with E-state index in [4.69, 9.17) is 5.11 Å². The molecule has 0 aliphatic carbocycles. The molecule has 0 bridgehead atoms. The number of hydrogen-bond acceptors (Lipinski definition) is 4. The lowest BCUT2D eigenvalue weighted by molar-refractivity contribution is -0.137. The Kier molecular flexibility index (Phi) is 6.80. The summed E-state index contributed by atoms with van der Waals surface area (Å²) >= 11 is 3.76. The highest BCUT2D eigenvalue weighted by atomic mass is 32.2. The molecule has 0 radical (unpaired) electrons. The summed E-state index contributed by atoms with van der Waals surface area (Å²) in [6.07, 6.45) is 1.15. The van der Waals surface area contributed by atoms with Crippen LogP contribution in [0.15, 0.2) is 0 Å². The van der Waals surface area contributed by atoms with Gasteiger partial charge in [-0.1, -0.05) is 0 Å². The number of carboxylic acid groups (broad SMARTS) is 1. The summed E-state index contributed by atoms with van der Waals surface area (Å²) in [6.45, 7) is 1.85. The van der Waals surface area contributed by atoms with E-state index in [-0.39, 0.29) is 18.4 Å². The SMILES string of the molecule is CC(CCC(=O)O)NC(=O)CC1CSCCS1. The fraction of sp³-hybridized carbons (Fsp3) is 0.818. The first-order chi connectivity index (χ1) is 8.08. The van der Waals surface area contributed by atoms with Crippen molar-refractivity contribution < 1.29 is 14.7 Å². The third-order valence-corrected chi connectivity index (χ3v) is 5.34. The molecule has 1 fully saturated rings. The van der Waals surface area contributed by atoms with Gasteiger partial charge in [0.2, 0.25) is 5.91 Å². The van der Waals surface area contributed by atoms with E-state index in [9.17, 15) is 9.59 Å². The van der Waals surface area contributed by atoms with Gasteiger partial charge in [-0.05, 0) is 13.3 Å². The molecule has 2 unspecified atom stereocenters. The van der Waals surface area contributed by atoms with Crippen LogP contribution in [-0.2, 0) is 9.59 Å². The standard InChI is InChI=1S/C11H19NO3S2/c1-8(2-3-11(14)15)12-10(13)6-9-7-16-4-5-17-9/h8-9H,2-7H2,1H3,(H,12,13)(H,14,15). The van der Waals surface area contributed by atoms with Gasteiger partial charge >= 0.3 is 5.97 Å². The topological polar surface area (TPSA) is 66.4 Å². The van der Waals surface area contributed by atoms with Gasteiger partial charge in [0, 0.05) is 41.4 Å². The van der Waals surface area contributed by atoms with Gasteiger partial charge in [0.15, 0.2) is 0 Å². The third-order valence-electron chi connectivity index (χ3n) is 2.50. The summed E-state index contributed by atoms with van der Waals surface area (Å²) in [7, 11) is 0. The highest BCUT2D eigenvalue weighted by molar-refractivity contribution is 8.06. The molecule has 1 amide bonds. The van der Waals surface area contributed by atoms with Crippen molar-refractivity contribution in [3.05, 3.63) is 0 Å². The van der Waals surface area contributed by atoms with Crippen molar-refractivity contribution in [3.63, 3.8) is 0 Å². The number of carbonyl (C=O) groups is 2. The van der Waals surface area contributed by atoms with Crippen molar-refractivity contribution in [1.82, 2.24) is 5.32 Å². The molecule has 0 aromatic heterocycles. The van der Waals surface area contributed by atoms with E-state index in [1.807, 2.05) is 30.4 Å². The Labute approximate surface area is 110 Å². The molecule has 4 nitrogen and oxygen atoms in total. The predicted octanol–water partition coefficient (Wildman–Crippen LogP) is 1.59. The molecule has 98 valence electrons. The molecule has 0 saturated carbocycles. The number of thioether (sulfide) groups is 2. The maximum absolute atomic E-state index is 11.7. The van der Waals surface area contributed by atoms with Gasteiger partial charge in [-0.25, -0.2) is 0 Å². The summed E-state index contributed by atoms with van der Waals surface area (Å²) in [6, 6.07) is -0.0557. The van der Waals surface area contributed by atoms with E-state index in [1.165, 1.54) is 5.75 Å². The predicted molar refractivity (Wildman–Crippen MR) is 72.7 cm³/mol. The third kappa shape index (κ3) is 6.83. The molecule has 1 saturated heterocycles. The van der Waals surface area contributed by atoms with Crippen molar-refractivity contribution in [2.45, 2.75) is 37.5 Å². The summed E-state index contributed by atoms with van der Waals surface area (Å²) in [5.74, 6) is 2.57. The Hall–Kier alpha value is -0.360. The number of aliphatic carboxylic acids is 1. The van der Waals surface area contributed by atoms with Crippen LogP contribution < -0.4 is 5.32 Å². The van der Waals surface area contributed by atoms with Gasteiger partial charge in [0.1, 0.15) is 0 Å². The van der Waals surface area contributed by atoms with Crippen molar-refractivity contribution in [3.8, 4) is 0 Å². The average Bonchev–Trinajstić information content (AvgIpc) is 2.27. The number of amides is 1. The van der Waals surface area contributed by atoms with Crippen LogP contribution in [-0.4, -0.2) is 45.5 Å². The number of nitrogens with one attached hydrogen (secondary N) is 1. The summed E-state index contributed by atoms with van der Waals surface area (Å²) in [5, 5.41) is 11.8. The van der Waals surface area contributed by atoms with Crippen LogP contribution in [0.2, 0.25) is 0 Å². The number of rotatable bonds is 6. The highest BCUT2D eigenvalue weighted by Crippen LogP contribution is 2.26. The minimum atomic E-state index is -0.815. The van der Waals surface area contributed by atoms with Crippen molar-refractivity contribution in [1.29, 1.82) is 0 Å². The van der Waals surface area contributed by atoms with E-state index in [1.54, 1.807) is 0 Å². The molecular formula is C11H19NO3S2. The second-order valence-electron chi connectivity index (χ2n) is 4.17. The maximum Gasteiger partial charge on any atom is 0.303 e. The monoisotopic (exact) mass is 277 g/mol. The molecule has 0 aromatic rings. The van der Waals surface area contributed by atoms with Crippen LogP contribution >= 0.6 is 23.5 Å². The fourth-order valence-corrected chi connectivity index (χ4v) is 4.29. The van der Waals surface area contributed by atoms with E-state index in [0.29, 0.717) is 18.1 Å².